The number of hydrogen-bond donors (Lipinski definition) is 2. The Labute approximate surface area is 115 Å². The number of rotatable bonds is 4. The molecule has 0 atom stereocenters. The fraction of sp³-hybridized carbons (Fsp3) is 0.143. The predicted molar refractivity (Wildman–Crippen MR) is 75.5 cm³/mol. The number of H-pyrrole nitrogens is 1. The summed E-state index contributed by atoms with van der Waals surface area (Å²) in [5, 5.41) is 3.22. The molecule has 0 aliphatic rings. The Hall–Kier alpha value is -2.76. The molecule has 2 N–H and O–H groups in total. The van der Waals surface area contributed by atoms with Crippen LogP contribution in [0.4, 0.5) is 5.82 Å². The van der Waals surface area contributed by atoms with E-state index in [1.807, 2.05) is 24.3 Å². The van der Waals surface area contributed by atoms with Crippen LogP contribution in [0.2, 0.25) is 0 Å². The van der Waals surface area contributed by atoms with Crippen molar-refractivity contribution in [2.75, 3.05) is 5.32 Å². The number of hydrogen-bond acceptors (Lipinski definition) is 5. The van der Waals surface area contributed by atoms with E-state index in [0.717, 1.165) is 5.56 Å². The molecule has 0 bridgehead atoms. The maximum atomic E-state index is 11.2. The van der Waals surface area contributed by atoms with Gasteiger partial charge in [-0.05, 0) is 12.5 Å². The van der Waals surface area contributed by atoms with Gasteiger partial charge in [0.2, 0.25) is 0 Å². The Kier molecular flexibility index (Phi) is 3.12. The van der Waals surface area contributed by atoms with E-state index in [9.17, 15) is 4.79 Å². The molecule has 6 nitrogen and oxygen atoms in total. The minimum Gasteiger partial charge on any atom is -0.364 e. The van der Waals surface area contributed by atoms with Gasteiger partial charge in [-0.3, -0.25) is 4.79 Å². The maximum Gasteiger partial charge on any atom is 0.162 e. The molecule has 6 heteroatoms. The van der Waals surface area contributed by atoms with Gasteiger partial charge < -0.3 is 10.3 Å². The predicted octanol–water partition coefficient (Wildman–Crippen LogP) is 2.17. The molecule has 0 unspecified atom stereocenters. The Balaban J connectivity index is 1.76. The van der Waals surface area contributed by atoms with Gasteiger partial charge in [-0.25, -0.2) is 15.0 Å². The van der Waals surface area contributed by atoms with E-state index in [1.54, 1.807) is 13.3 Å². The van der Waals surface area contributed by atoms with Crippen molar-refractivity contribution in [3.8, 4) is 0 Å². The number of anilines is 1. The Morgan fingerprint density at radius 2 is 2.00 bits per heavy atom. The van der Waals surface area contributed by atoms with Crippen LogP contribution in [0.1, 0.15) is 22.8 Å². The number of benzene rings is 1. The second-order valence-electron chi connectivity index (χ2n) is 4.43. The smallest absolute Gasteiger partial charge is 0.162 e. The second kappa shape index (κ2) is 5.08. The lowest BCUT2D eigenvalue weighted by atomic mass is 10.1. The molecular formula is C14H13N5O. The van der Waals surface area contributed by atoms with Gasteiger partial charge in [0.15, 0.2) is 17.2 Å². The Bertz CT molecular complexity index is 748. The molecule has 1 aromatic carbocycles. The highest BCUT2D eigenvalue weighted by molar-refractivity contribution is 5.94. The van der Waals surface area contributed by atoms with Gasteiger partial charge in [0, 0.05) is 12.1 Å². The van der Waals surface area contributed by atoms with Crippen molar-refractivity contribution < 1.29 is 4.79 Å². The normalized spacial score (nSPS) is 10.7. The number of nitrogens with zero attached hydrogens (tertiary/aromatic N) is 3. The summed E-state index contributed by atoms with van der Waals surface area (Å²) in [6.07, 6.45) is 3.08. The van der Waals surface area contributed by atoms with Crippen molar-refractivity contribution in [2.24, 2.45) is 0 Å². The van der Waals surface area contributed by atoms with Crippen LogP contribution in [0.5, 0.6) is 0 Å². The number of Topliss-reactive ketones (excluding diaryl/α,β-unsaturated/α-hetero) is 1. The van der Waals surface area contributed by atoms with Gasteiger partial charge in [0.1, 0.15) is 11.8 Å². The fourth-order valence-electron chi connectivity index (χ4n) is 1.94. The maximum absolute atomic E-state index is 11.2. The molecule has 100 valence electrons. The third kappa shape index (κ3) is 2.35. The highest BCUT2D eigenvalue weighted by atomic mass is 16.1. The third-order valence-electron chi connectivity index (χ3n) is 3.04. The van der Waals surface area contributed by atoms with E-state index in [4.69, 9.17) is 0 Å². The average molecular weight is 267 g/mol. The minimum absolute atomic E-state index is 0.0681. The van der Waals surface area contributed by atoms with Gasteiger partial charge in [-0.15, -0.1) is 0 Å². The molecule has 2 heterocycles. The first kappa shape index (κ1) is 12.3. The van der Waals surface area contributed by atoms with Crippen LogP contribution < -0.4 is 5.32 Å². The van der Waals surface area contributed by atoms with Crippen molar-refractivity contribution in [3.05, 3.63) is 48.0 Å². The van der Waals surface area contributed by atoms with Crippen molar-refractivity contribution in [1.29, 1.82) is 0 Å². The Morgan fingerprint density at radius 1 is 1.20 bits per heavy atom. The van der Waals surface area contributed by atoms with Gasteiger partial charge in [0.05, 0.1) is 6.33 Å². The number of nitrogens with one attached hydrogen (secondary N) is 2. The van der Waals surface area contributed by atoms with Gasteiger partial charge >= 0.3 is 0 Å². The van der Waals surface area contributed by atoms with Crippen LogP contribution in [-0.2, 0) is 6.54 Å². The summed E-state index contributed by atoms with van der Waals surface area (Å²) in [5.74, 6) is 0.755. The first-order valence-corrected chi connectivity index (χ1v) is 6.22. The molecule has 3 aromatic rings. The molecule has 0 fully saturated rings. The van der Waals surface area contributed by atoms with Crippen molar-refractivity contribution in [1.82, 2.24) is 19.9 Å². The minimum atomic E-state index is 0.0681. The summed E-state index contributed by atoms with van der Waals surface area (Å²) in [4.78, 5) is 26.6. The fourth-order valence-corrected chi connectivity index (χ4v) is 1.94. The number of fused-ring (bicyclic) bond motifs is 1. The lowest BCUT2D eigenvalue weighted by Gasteiger charge is -2.06. The molecule has 0 spiro atoms. The number of aromatic amines is 1. The summed E-state index contributed by atoms with van der Waals surface area (Å²) >= 11 is 0. The van der Waals surface area contributed by atoms with E-state index < -0.39 is 0 Å². The monoisotopic (exact) mass is 267 g/mol. The zero-order chi connectivity index (χ0) is 13.9. The SMILES string of the molecule is CC(=O)c1ccc(CNc2ncnc3[nH]cnc23)cc1. The quantitative estimate of drug-likeness (QED) is 0.708. The number of carbonyl (C=O) groups is 1. The van der Waals surface area contributed by atoms with E-state index >= 15 is 0 Å². The number of carbonyl (C=O) groups excluding carboxylic acids is 1. The summed E-state index contributed by atoms with van der Waals surface area (Å²) < 4.78 is 0. The van der Waals surface area contributed by atoms with Crippen molar-refractivity contribution in [3.63, 3.8) is 0 Å². The van der Waals surface area contributed by atoms with E-state index in [-0.39, 0.29) is 5.78 Å². The van der Waals surface area contributed by atoms with Crippen LogP contribution >= 0.6 is 0 Å². The van der Waals surface area contributed by atoms with E-state index in [1.165, 1.54) is 6.33 Å². The van der Waals surface area contributed by atoms with Crippen LogP contribution in [-0.4, -0.2) is 25.7 Å². The number of aromatic nitrogens is 4. The summed E-state index contributed by atoms with van der Waals surface area (Å²) in [5.41, 5.74) is 3.20. The second-order valence-corrected chi connectivity index (χ2v) is 4.43. The summed E-state index contributed by atoms with van der Waals surface area (Å²) in [6.45, 7) is 2.17. The molecule has 0 saturated heterocycles. The molecule has 0 aliphatic heterocycles. The molecule has 20 heavy (non-hydrogen) atoms. The Morgan fingerprint density at radius 3 is 2.75 bits per heavy atom. The van der Waals surface area contributed by atoms with Crippen LogP contribution in [0.3, 0.4) is 0 Å². The molecule has 0 radical (unpaired) electrons. The molecular weight excluding hydrogens is 254 g/mol. The largest absolute Gasteiger partial charge is 0.364 e. The standard InChI is InChI=1S/C14H13N5O/c1-9(20)11-4-2-10(3-5-11)6-15-13-12-14(17-7-16-12)19-8-18-13/h2-5,7-8H,6H2,1H3,(H2,15,16,17,18,19). The first-order valence-electron chi connectivity index (χ1n) is 6.22. The zero-order valence-corrected chi connectivity index (χ0v) is 10.9. The third-order valence-corrected chi connectivity index (χ3v) is 3.04. The zero-order valence-electron chi connectivity index (χ0n) is 10.9. The van der Waals surface area contributed by atoms with Gasteiger partial charge in [-0.2, -0.15) is 0 Å². The van der Waals surface area contributed by atoms with E-state index in [0.29, 0.717) is 29.1 Å². The molecule has 3 rings (SSSR count). The highest BCUT2D eigenvalue weighted by Crippen LogP contribution is 2.15. The molecule has 2 aromatic heterocycles. The molecule has 0 amide bonds. The van der Waals surface area contributed by atoms with Crippen molar-refractivity contribution >= 4 is 22.8 Å². The summed E-state index contributed by atoms with van der Waals surface area (Å²) in [6, 6.07) is 7.49. The molecule has 0 saturated carbocycles. The lowest BCUT2D eigenvalue weighted by Crippen LogP contribution is -2.03. The average Bonchev–Trinajstić information content (AvgIpc) is 2.94. The van der Waals surface area contributed by atoms with E-state index in [2.05, 4.69) is 25.3 Å². The summed E-state index contributed by atoms with van der Waals surface area (Å²) in [7, 11) is 0. The number of ketones is 1. The van der Waals surface area contributed by atoms with Gasteiger partial charge in [0.25, 0.3) is 0 Å². The van der Waals surface area contributed by atoms with Crippen molar-refractivity contribution in [2.45, 2.75) is 13.5 Å². The molecule has 0 aliphatic carbocycles. The number of imidazole rings is 1. The van der Waals surface area contributed by atoms with Crippen LogP contribution in [0, 0.1) is 0 Å². The lowest BCUT2D eigenvalue weighted by molar-refractivity contribution is 0.101. The van der Waals surface area contributed by atoms with Crippen LogP contribution in [0.25, 0.3) is 11.2 Å². The topological polar surface area (TPSA) is 83.6 Å². The van der Waals surface area contributed by atoms with Crippen LogP contribution in [0.15, 0.2) is 36.9 Å². The highest BCUT2D eigenvalue weighted by Gasteiger charge is 2.05. The first-order chi connectivity index (χ1) is 9.74. The van der Waals surface area contributed by atoms with Gasteiger partial charge in [-0.1, -0.05) is 24.3 Å².